The Kier molecular flexibility index (Phi) is 4.22. The highest BCUT2D eigenvalue weighted by Crippen LogP contribution is 2.23. The van der Waals surface area contributed by atoms with E-state index in [1.165, 1.54) is 36.3 Å². The van der Waals surface area contributed by atoms with Crippen LogP contribution in [0.4, 0.5) is 5.69 Å². The van der Waals surface area contributed by atoms with E-state index in [0.717, 1.165) is 0 Å². The molecule has 0 unspecified atom stereocenters. The Morgan fingerprint density at radius 1 is 1.18 bits per heavy atom. The number of nitrogens with one attached hydrogen (secondary N) is 2. The molecule has 2 N–H and O–H groups in total. The summed E-state index contributed by atoms with van der Waals surface area (Å²) in [6, 6.07) is 2.75. The maximum Gasteiger partial charge on any atom is 0.265 e. The number of nitrogens with zero attached hydrogens (tertiary/aromatic N) is 3. The van der Waals surface area contributed by atoms with Crippen LogP contribution in [0.15, 0.2) is 34.4 Å². The summed E-state index contributed by atoms with van der Waals surface area (Å²) in [5, 5.41) is 3.46. The van der Waals surface area contributed by atoms with Crippen LogP contribution in [0.2, 0.25) is 0 Å². The lowest BCUT2D eigenvalue weighted by Gasteiger charge is -2.11. The van der Waals surface area contributed by atoms with Crippen molar-refractivity contribution in [1.82, 2.24) is 19.5 Å². The first-order valence-electron chi connectivity index (χ1n) is 6.09. The van der Waals surface area contributed by atoms with Crippen molar-refractivity contribution in [2.24, 2.45) is 7.05 Å². The van der Waals surface area contributed by atoms with Gasteiger partial charge in [0.25, 0.3) is 20.0 Å². The second-order valence-corrected chi connectivity index (χ2v) is 7.84. The molecular weight excluding hydrogens is 330 g/mol. The second kappa shape index (κ2) is 5.66. The number of sulfonamides is 2. The fourth-order valence-electron chi connectivity index (χ4n) is 1.72. The van der Waals surface area contributed by atoms with E-state index in [-0.39, 0.29) is 10.6 Å². The van der Waals surface area contributed by atoms with Crippen LogP contribution in [0.25, 0.3) is 0 Å². The zero-order valence-electron chi connectivity index (χ0n) is 12.1. The standard InChI is InChI=1S/C11H15N5O4S2/c1-8-10(7-14-16(8)3)21(17,18)15-9-5-4-6-13-11(9)22(19,20)12-2/h4-7,12,15H,1-3H3. The number of rotatable bonds is 5. The molecule has 0 fully saturated rings. The molecule has 2 rings (SSSR count). The summed E-state index contributed by atoms with van der Waals surface area (Å²) in [4.78, 5) is 3.69. The smallest absolute Gasteiger partial charge is 0.265 e. The first-order valence-corrected chi connectivity index (χ1v) is 9.05. The average molecular weight is 345 g/mol. The minimum Gasteiger partial charge on any atom is -0.277 e. The van der Waals surface area contributed by atoms with Crippen molar-refractivity contribution in [1.29, 1.82) is 0 Å². The second-order valence-electron chi connectivity index (χ2n) is 4.39. The third-order valence-corrected chi connectivity index (χ3v) is 5.86. The lowest BCUT2D eigenvalue weighted by molar-refractivity contribution is 0.585. The Balaban J connectivity index is 2.50. The van der Waals surface area contributed by atoms with E-state index in [1.54, 1.807) is 14.0 Å². The summed E-state index contributed by atoms with van der Waals surface area (Å²) in [5.74, 6) is 0. The van der Waals surface area contributed by atoms with Crippen LogP contribution in [-0.2, 0) is 27.1 Å². The van der Waals surface area contributed by atoms with E-state index in [0.29, 0.717) is 5.69 Å². The van der Waals surface area contributed by atoms with Crippen LogP contribution < -0.4 is 9.44 Å². The van der Waals surface area contributed by atoms with Gasteiger partial charge in [-0.15, -0.1) is 0 Å². The zero-order valence-corrected chi connectivity index (χ0v) is 13.7. The summed E-state index contributed by atoms with van der Waals surface area (Å²) in [6.07, 6.45) is 2.46. The molecule has 0 aromatic carbocycles. The molecule has 2 aromatic heterocycles. The Morgan fingerprint density at radius 2 is 1.86 bits per heavy atom. The molecule has 2 heterocycles. The fourth-order valence-corrected chi connectivity index (χ4v) is 3.86. The highest BCUT2D eigenvalue weighted by Gasteiger charge is 2.25. The van der Waals surface area contributed by atoms with Crippen LogP contribution >= 0.6 is 0 Å². The molecule has 0 spiro atoms. The molecular formula is C11H15N5O4S2. The van der Waals surface area contributed by atoms with Crippen LogP contribution in [0, 0.1) is 6.92 Å². The van der Waals surface area contributed by atoms with Gasteiger partial charge in [-0.3, -0.25) is 9.40 Å². The summed E-state index contributed by atoms with van der Waals surface area (Å²) in [7, 11) is -5.05. The number of hydrogen-bond donors (Lipinski definition) is 2. The molecule has 0 saturated heterocycles. The Morgan fingerprint density at radius 3 is 2.41 bits per heavy atom. The monoisotopic (exact) mass is 345 g/mol. The van der Waals surface area contributed by atoms with E-state index >= 15 is 0 Å². The van der Waals surface area contributed by atoms with Crippen molar-refractivity contribution >= 4 is 25.7 Å². The van der Waals surface area contributed by atoms with Gasteiger partial charge >= 0.3 is 0 Å². The summed E-state index contributed by atoms with van der Waals surface area (Å²) in [5.41, 5.74) is 0.287. The summed E-state index contributed by atoms with van der Waals surface area (Å²) in [6.45, 7) is 1.59. The van der Waals surface area contributed by atoms with E-state index in [1.807, 2.05) is 0 Å². The van der Waals surface area contributed by atoms with E-state index < -0.39 is 25.1 Å². The van der Waals surface area contributed by atoms with Gasteiger partial charge in [0.05, 0.1) is 17.6 Å². The van der Waals surface area contributed by atoms with E-state index in [4.69, 9.17) is 0 Å². The van der Waals surface area contributed by atoms with E-state index in [9.17, 15) is 16.8 Å². The van der Waals surface area contributed by atoms with Crippen LogP contribution in [0.1, 0.15) is 5.69 Å². The van der Waals surface area contributed by atoms with Crippen molar-refractivity contribution < 1.29 is 16.8 Å². The molecule has 0 bridgehead atoms. The summed E-state index contributed by atoms with van der Waals surface area (Å²) >= 11 is 0. The first kappa shape index (κ1) is 16.4. The molecule has 2 aromatic rings. The molecule has 0 amide bonds. The minimum atomic E-state index is -3.98. The van der Waals surface area contributed by atoms with Crippen molar-refractivity contribution in [2.45, 2.75) is 16.8 Å². The Bertz CT molecular complexity index is 902. The van der Waals surface area contributed by atoms with Crippen LogP contribution in [-0.4, -0.2) is 38.6 Å². The molecule has 0 radical (unpaired) electrons. The number of hydrogen-bond acceptors (Lipinski definition) is 6. The van der Waals surface area contributed by atoms with Crippen molar-refractivity contribution in [3.63, 3.8) is 0 Å². The molecule has 9 nitrogen and oxygen atoms in total. The third kappa shape index (κ3) is 2.96. The van der Waals surface area contributed by atoms with E-state index in [2.05, 4.69) is 19.5 Å². The van der Waals surface area contributed by atoms with Gasteiger partial charge in [0.2, 0.25) is 0 Å². The molecule has 0 saturated carbocycles. The van der Waals surface area contributed by atoms with Gasteiger partial charge in [0.1, 0.15) is 4.90 Å². The lowest BCUT2D eigenvalue weighted by Crippen LogP contribution is -2.23. The summed E-state index contributed by atoms with van der Waals surface area (Å²) < 4.78 is 54.3. The van der Waals surface area contributed by atoms with Gasteiger partial charge in [-0.1, -0.05) is 0 Å². The molecule has 120 valence electrons. The third-order valence-electron chi connectivity index (χ3n) is 3.02. The number of aryl methyl sites for hydroxylation is 1. The van der Waals surface area contributed by atoms with Crippen molar-refractivity contribution in [2.75, 3.05) is 11.8 Å². The average Bonchev–Trinajstić information content (AvgIpc) is 2.79. The predicted octanol–water partition coefficient (Wildman–Crippen LogP) is -0.168. The van der Waals surface area contributed by atoms with Gasteiger partial charge in [-0.2, -0.15) is 5.10 Å². The van der Waals surface area contributed by atoms with Crippen molar-refractivity contribution in [3.8, 4) is 0 Å². The van der Waals surface area contributed by atoms with Crippen molar-refractivity contribution in [3.05, 3.63) is 30.2 Å². The van der Waals surface area contributed by atoms with Gasteiger partial charge < -0.3 is 0 Å². The lowest BCUT2D eigenvalue weighted by atomic mass is 10.4. The fraction of sp³-hybridized carbons (Fsp3) is 0.273. The van der Waals surface area contributed by atoms with Gasteiger partial charge in [0.15, 0.2) is 5.03 Å². The molecule has 0 aliphatic heterocycles. The Labute approximate surface area is 128 Å². The number of anilines is 1. The maximum absolute atomic E-state index is 12.4. The molecule has 22 heavy (non-hydrogen) atoms. The van der Waals surface area contributed by atoms with Gasteiger partial charge in [-0.25, -0.2) is 26.5 Å². The largest absolute Gasteiger partial charge is 0.277 e. The number of pyridine rings is 1. The zero-order chi connectivity index (χ0) is 16.5. The van der Waals surface area contributed by atoms with Crippen LogP contribution in [0.5, 0.6) is 0 Å². The minimum absolute atomic E-state index is 0.0355. The van der Waals surface area contributed by atoms with Crippen LogP contribution in [0.3, 0.4) is 0 Å². The normalized spacial score (nSPS) is 12.3. The maximum atomic E-state index is 12.4. The molecule has 0 aliphatic rings. The topological polar surface area (TPSA) is 123 Å². The quantitative estimate of drug-likeness (QED) is 0.776. The highest BCUT2D eigenvalue weighted by atomic mass is 32.2. The van der Waals surface area contributed by atoms with Gasteiger partial charge in [-0.05, 0) is 26.1 Å². The number of aromatic nitrogens is 3. The molecule has 11 heteroatoms. The highest BCUT2D eigenvalue weighted by molar-refractivity contribution is 7.93. The predicted molar refractivity (Wildman–Crippen MR) is 79.2 cm³/mol. The Hall–Kier alpha value is -1.98. The molecule has 0 aliphatic carbocycles. The molecule has 0 atom stereocenters. The van der Waals surface area contributed by atoms with Gasteiger partial charge in [0, 0.05) is 13.2 Å². The first-order chi connectivity index (χ1) is 10.2. The SMILES string of the molecule is CNS(=O)(=O)c1ncccc1NS(=O)(=O)c1cnn(C)c1C.